The summed E-state index contributed by atoms with van der Waals surface area (Å²) in [5, 5.41) is 21.6. The standard InChI is InChI=1S/C17H16N2O6/c1-3-25-16(20)17(2,12-4-8-14(9-5-12)18(21)22)13-6-10-15(11-7-13)19(23)24/h4-11H,3H2,1-2H3. The molecule has 0 saturated carbocycles. The van der Waals surface area contributed by atoms with Gasteiger partial charge in [0.25, 0.3) is 11.4 Å². The molecule has 0 aromatic heterocycles. The molecule has 0 aliphatic heterocycles. The Morgan fingerprint density at radius 3 is 1.56 bits per heavy atom. The van der Waals surface area contributed by atoms with Crippen molar-refractivity contribution in [3.63, 3.8) is 0 Å². The van der Waals surface area contributed by atoms with Gasteiger partial charge in [-0.05, 0) is 25.0 Å². The topological polar surface area (TPSA) is 113 Å². The molecule has 2 aromatic rings. The first-order chi connectivity index (χ1) is 11.8. The summed E-state index contributed by atoms with van der Waals surface area (Å²) >= 11 is 0. The Bertz CT molecular complexity index is 741. The number of rotatable bonds is 6. The summed E-state index contributed by atoms with van der Waals surface area (Å²) in [5.74, 6) is -0.544. The van der Waals surface area contributed by atoms with Crippen LogP contribution in [0.4, 0.5) is 11.4 Å². The number of non-ortho nitro benzene ring substituents is 2. The van der Waals surface area contributed by atoms with Crippen LogP contribution >= 0.6 is 0 Å². The van der Waals surface area contributed by atoms with Gasteiger partial charge in [-0.2, -0.15) is 0 Å². The van der Waals surface area contributed by atoms with Crippen molar-refractivity contribution in [2.75, 3.05) is 6.61 Å². The van der Waals surface area contributed by atoms with Gasteiger partial charge in [0.05, 0.1) is 16.5 Å². The van der Waals surface area contributed by atoms with Crippen molar-refractivity contribution in [2.45, 2.75) is 19.3 Å². The van der Waals surface area contributed by atoms with Crippen LogP contribution < -0.4 is 0 Å². The van der Waals surface area contributed by atoms with E-state index >= 15 is 0 Å². The third-order valence-corrected chi connectivity index (χ3v) is 3.99. The van der Waals surface area contributed by atoms with Crippen molar-refractivity contribution in [1.82, 2.24) is 0 Å². The molecule has 0 radical (unpaired) electrons. The zero-order valence-corrected chi connectivity index (χ0v) is 13.7. The predicted molar refractivity (Wildman–Crippen MR) is 89.3 cm³/mol. The molecule has 0 bridgehead atoms. The normalized spacial score (nSPS) is 11.0. The van der Waals surface area contributed by atoms with Crippen molar-refractivity contribution in [2.24, 2.45) is 0 Å². The number of carbonyl (C=O) groups is 1. The van der Waals surface area contributed by atoms with E-state index < -0.39 is 21.2 Å². The van der Waals surface area contributed by atoms with Crippen molar-refractivity contribution >= 4 is 17.3 Å². The molecule has 2 aromatic carbocycles. The number of carbonyl (C=O) groups excluding carboxylic acids is 1. The highest BCUT2D eigenvalue weighted by Crippen LogP contribution is 2.35. The Morgan fingerprint density at radius 1 is 0.920 bits per heavy atom. The number of nitro groups is 2. The summed E-state index contributed by atoms with van der Waals surface area (Å²) in [6, 6.07) is 11.1. The maximum Gasteiger partial charge on any atom is 0.320 e. The van der Waals surface area contributed by atoms with Gasteiger partial charge < -0.3 is 4.74 Å². The maximum atomic E-state index is 12.6. The molecule has 0 unspecified atom stereocenters. The number of hydrogen-bond acceptors (Lipinski definition) is 6. The van der Waals surface area contributed by atoms with E-state index in [9.17, 15) is 25.0 Å². The smallest absolute Gasteiger partial charge is 0.320 e. The van der Waals surface area contributed by atoms with Gasteiger partial charge in [-0.1, -0.05) is 24.3 Å². The summed E-state index contributed by atoms with van der Waals surface area (Å²) in [6.45, 7) is 3.45. The van der Waals surface area contributed by atoms with Crippen LogP contribution in [0, 0.1) is 20.2 Å². The zero-order chi connectivity index (χ0) is 18.6. The summed E-state index contributed by atoms with van der Waals surface area (Å²) < 4.78 is 5.16. The lowest BCUT2D eigenvalue weighted by Gasteiger charge is -2.28. The second-order valence-corrected chi connectivity index (χ2v) is 5.45. The molecule has 0 aliphatic carbocycles. The third-order valence-electron chi connectivity index (χ3n) is 3.99. The molecule has 0 amide bonds. The molecule has 0 saturated heterocycles. The van der Waals surface area contributed by atoms with Gasteiger partial charge in [0, 0.05) is 24.3 Å². The van der Waals surface area contributed by atoms with Crippen molar-refractivity contribution < 1.29 is 19.4 Å². The Hall–Kier alpha value is -3.29. The number of ether oxygens (including phenoxy) is 1. The highest BCUT2D eigenvalue weighted by molar-refractivity contribution is 5.87. The average molecular weight is 344 g/mol. The number of esters is 1. The number of hydrogen-bond donors (Lipinski definition) is 0. The number of nitrogens with zero attached hydrogens (tertiary/aromatic N) is 2. The molecular formula is C17H16N2O6. The molecule has 8 nitrogen and oxygen atoms in total. The van der Waals surface area contributed by atoms with Crippen LogP contribution in [0.2, 0.25) is 0 Å². The molecule has 0 spiro atoms. The Labute approximate surface area is 143 Å². The molecule has 130 valence electrons. The molecule has 0 aliphatic rings. The summed E-state index contributed by atoms with van der Waals surface area (Å²) in [7, 11) is 0. The molecule has 2 rings (SSSR count). The SMILES string of the molecule is CCOC(=O)C(C)(c1ccc([N+](=O)[O-])cc1)c1ccc([N+](=O)[O-])cc1. The largest absolute Gasteiger partial charge is 0.465 e. The average Bonchev–Trinajstić information content (AvgIpc) is 2.61. The molecule has 8 heteroatoms. The highest BCUT2D eigenvalue weighted by atomic mass is 16.6. The lowest BCUT2D eigenvalue weighted by Crippen LogP contribution is -2.35. The number of nitro benzene ring substituents is 2. The van der Waals surface area contributed by atoms with E-state index in [2.05, 4.69) is 0 Å². The first-order valence-electron chi connectivity index (χ1n) is 7.47. The van der Waals surface area contributed by atoms with Gasteiger partial charge in [0.1, 0.15) is 5.41 Å². The van der Waals surface area contributed by atoms with Crippen LogP contribution in [0.1, 0.15) is 25.0 Å². The summed E-state index contributed by atoms with van der Waals surface area (Å²) in [4.78, 5) is 33.2. The fraction of sp³-hybridized carbons (Fsp3) is 0.235. The molecule has 25 heavy (non-hydrogen) atoms. The van der Waals surface area contributed by atoms with Gasteiger partial charge in [0.15, 0.2) is 0 Å². The van der Waals surface area contributed by atoms with Crippen LogP contribution in [0.15, 0.2) is 48.5 Å². The summed E-state index contributed by atoms with van der Waals surface area (Å²) in [6.07, 6.45) is 0. The van der Waals surface area contributed by atoms with Crippen molar-refractivity contribution in [1.29, 1.82) is 0 Å². The van der Waals surface area contributed by atoms with Gasteiger partial charge in [-0.25, -0.2) is 0 Å². The quantitative estimate of drug-likeness (QED) is 0.451. The van der Waals surface area contributed by atoms with Gasteiger partial charge in [-0.15, -0.1) is 0 Å². The van der Waals surface area contributed by atoms with E-state index in [0.717, 1.165) is 0 Å². The van der Waals surface area contributed by atoms with Crippen LogP contribution in [0.25, 0.3) is 0 Å². The first kappa shape index (κ1) is 18.1. The van der Waals surface area contributed by atoms with Crippen molar-refractivity contribution in [3.8, 4) is 0 Å². The van der Waals surface area contributed by atoms with E-state index in [1.165, 1.54) is 48.5 Å². The second kappa shape index (κ2) is 7.08. The zero-order valence-electron chi connectivity index (χ0n) is 13.7. The fourth-order valence-electron chi connectivity index (χ4n) is 2.51. The van der Waals surface area contributed by atoms with Gasteiger partial charge >= 0.3 is 5.97 Å². The van der Waals surface area contributed by atoms with Crippen LogP contribution in [0.5, 0.6) is 0 Å². The van der Waals surface area contributed by atoms with E-state index in [0.29, 0.717) is 11.1 Å². The Balaban J connectivity index is 2.55. The number of benzene rings is 2. The first-order valence-corrected chi connectivity index (χ1v) is 7.47. The van der Waals surface area contributed by atoms with E-state index in [1.54, 1.807) is 13.8 Å². The van der Waals surface area contributed by atoms with E-state index in [-0.39, 0.29) is 18.0 Å². The van der Waals surface area contributed by atoms with Gasteiger partial charge in [-0.3, -0.25) is 25.0 Å². The molecule has 0 N–H and O–H groups in total. The van der Waals surface area contributed by atoms with Crippen LogP contribution in [-0.2, 0) is 14.9 Å². The van der Waals surface area contributed by atoms with E-state index in [4.69, 9.17) is 4.74 Å². The monoisotopic (exact) mass is 344 g/mol. The molecular weight excluding hydrogens is 328 g/mol. The lowest BCUT2D eigenvalue weighted by atomic mass is 9.76. The highest BCUT2D eigenvalue weighted by Gasteiger charge is 2.39. The minimum absolute atomic E-state index is 0.0985. The molecule has 0 heterocycles. The Kier molecular flexibility index (Phi) is 5.11. The minimum atomic E-state index is -1.25. The van der Waals surface area contributed by atoms with Crippen molar-refractivity contribution in [3.05, 3.63) is 79.9 Å². The molecule has 0 atom stereocenters. The Morgan fingerprint density at radius 2 is 1.28 bits per heavy atom. The van der Waals surface area contributed by atoms with Gasteiger partial charge in [0.2, 0.25) is 0 Å². The van der Waals surface area contributed by atoms with E-state index in [1.807, 2.05) is 0 Å². The van der Waals surface area contributed by atoms with Crippen LogP contribution in [-0.4, -0.2) is 22.4 Å². The third kappa shape index (κ3) is 3.47. The maximum absolute atomic E-state index is 12.6. The summed E-state index contributed by atoms with van der Waals surface area (Å²) in [5.41, 5.74) is -0.464. The minimum Gasteiger partial charge on any atom is -0.465 e. The second-order valence-electron chi connectivity index (χ2n) is 5.45. The fourth-order valence-corrected chi connectivity index (χ4v) is 2.51. The van der Waals surface area contributed by atoms with Crippen LogP contribution in [0.3, 0.4) is 0 Å². The molecule has 0 fully saturated rings. The predicted octanol–water partition coefficient (Wildman–Crippen LogP) is 3.37. The lowest BCUT2D eigenvalue weighted by molar-refractivity contribution is -0.385.